The van der Waals surface area contributed by atoms with Gasteiger partial charge in [-0.25, -0.2) is 4.18 Å². The lowest BCUT2D eigenvalue weighted by Crippen LogP contribution is -2.60. The van der Waals surface area contributed by atoms with E-state index in [1.807, 2.05) is 0 Å². The van der Waals surface area contributed by atoms with Gasteiger partial charge in [0.1, 0.15) is 30.5 Å². The zero-order valence-electron chi connectivity index (χ0n) is 40.2. The molecule has 0 aromatic heterocycles. The van der Waals surface area contributed by atoms with E-state index in [4.69, 9.17) is 18.9 Å². The molecule has 13 heteroatoms. The van der Waals surface area contributed by atoms with E-state index in [0.29, 0.717) is 13.0 Å². The summed E-state index contributed by atoms with van der Waals surface area (Å²) in [6.07, 6.45) is 38.2. The maximum Gasteiger partial charge on any atom is 0.397 e. The zero-order valence-corrected chi connectivity index (χ0v) is 41.0. The van der Waals surface area contributed by atoms with Crippen molar-refractivity contribution in [1.29, 1.82) is 0 Å². The molecule has 1 aliphatic heterocycles. The van der Waals surface area contributed by atoms with Crippen molar-refractivity contribution in [2.24, 2.45) is 0 Å². The van der Waals surface area contributed by atoms with Crippen molar-refractivity contribution in [2.75, 3.05) is 26.4 Å². The Morgan fingerprint density at radius 2 is 1.00 bits per heavy atom. The van der Waals surface area contributed by atoms with Crippen LogP contribution in [0.1, 0.15) is 239 Å². The molecule has 0 aromatic rings. The van der Waals surface area contributed by atoms with Crippen LogP contribution in [0.5, 0.6) is 0 Å². The van der Waals surface area contributed by atoms with Crippen molar-refractivity contribution in [3.63, 3.8) is 0 Å². The van der Waals surface area contributed by atoms with Gasteiger partial charge >= 0.3 is 16.4 Å². The van der Waals surface area contributed by atoms with Crippen LogP contribution in [-0.4, -0.2) is 97.5 Å². The third-order valence-electron chi connectivity index (χ3n) is 12.1. The summed E-state index contributed by atoms with van der Waals surface area (Å²) in [7, 11) is -5.06. The van der Waals surface area contributed by atoms with E-state index in [2.05, 4.69) is 30.2 Å². The molecule has 1 heterocycles. The number of unbranched alkanes of at least 4 members (excludes halogenated alkanes) is 31. The number of aliphatic hydroxyl groups is 3. The summed E-state index contributed by atoms with van der Waals surface area (Å²) >= 11 is 0. The number of allylic oxidation sites excluding steroid dienone is 2. The monoisotopic (exact) mass is 921 g/mol. The molecule has 0 radical (unpaired) electrons. The first kappa shape index (κ1) is 59.9. The van der Waals surface area contributed by atoms with Gasteiger partial charge in [-0.05, 0) is 38.5 Å². The first-order valence-electron chi connectivity index (χ1n) is 25.9. The molecule has 0 spiro atoms. The molecule has 1 fully saturated rings. The number of aliphatic hydroxyl groups excluding tert-OH is 3. The van der Waals surface area contributed by atoms with Gasteiger partial charge in [0.25, 0.3) is 0 Å². The van der Waals surface area contributed by atoms with E-state index >= 15 is 0 Å². The van der Waals surface area contributed by atoms with E-state index in [0.717, 1.165) is 44.9 Å². The molecule has 0 amide bonds. The fraction of sp³-hybridized carbons (Fsp3) is 0.940. The Bertz CT molecular complexity index is 1150. The van der Waals surface area contributed by atoms with Crippen LogP contribution in [0.2, 0.25) is 0 Å². The van der Waals surface area contributed by atoms with Crippen molar-refractivity contribution in [3.8, 4) is 0 Å². The highest BCUT2D eigenvalue weighted by Crippen LogP contribution is 2.26. The second kappa shape index (κ2) is 42.2. The number of esters is 1. The lowest BCUT2D eigenvalue weighted by Gasteiger charge is -2.41. The highest BCUT2D eigenvalue weighted by Gasteiger charge is 2.48. The van der Waals surface area contributed by atoms with E-state index in [-0.39, 0.29) is 19.6 Å². The molecule has 1 saturated heterocycles. The summed E-state index contributed by atoms with van der Waals surface area (Å²) in [5.74, 6) is -0.395. The van der Waals surface area contributed by atoms with Crippen LogP contribution >= 0.6 is 0 Å². The van der Waals surface area contributed by atoms with Gasteiger partial charge in [-0.1, -0.05) is 206 Å². The third-order valence-corrected chi connectivity index (χ3v) is 12.6. The van der Waals surface area contributed by atoms with Crippen molar-refractivity contribution in [1.82, 2.24) is 0 Å². The minimum absolute atomic E-state index is 0.0375. The molecule has 1 aliphatic rings. The first-order valence-corrected chi connectivity index (χ1v) is 27.3. The van der Waals surface area contributed by atoms with E-state index < -0.39 is 59.8 Å². The molecule has 0 aliphatic carbocycles. The maximum absolute atomic E-state index is 12.9. The Hall–Kier alpha value is -1.16. The number of rotatable bonds is 46. The minimum atomic E-state index is -5.06. The Labute approximate surface area is 385 Å². The summed E-state index contributed by atoms with van der Waals surface area (Å²) in [5.41, 5.74) is 0. The quantitative estimate of drug-likeness (QED) is 0.0197. The Kier molecular flexibility index (Phi) is 40.1. The molecule has 1 rings (SSSR count). The van der Waals surface area contributed by atoms with Crippen molar-refractivity contribution < 1.29 is 56.2 Å². The van der Waals surface area contributed by atoms with Gasteiger partial charge in [0, 0.05) is 13.0 Å². The summed E-state index contributed by atoms with van der Waals surface area (Å²) in [5, 5.41) is 30.7. The maximum atomic E-state index is 12.9. The fourth-order valence-electron chi connectivity index (χ4n) is 8.20. The molecule has 374 valence electrons. The van der Waals surface area contributed by atoms with Crippen LogP contribution in [0.25, 0.3) is 0 Å². The van der Waals surface area contributed by atoms with Gasteiger partial charge in [0.05, 0.1) is 19.8 Å². The summed E-state index contributed by atoms with van der Waals surface area (Å²) in [4.78, 5) is 12.9. The molecular formula is C50H96O12S. The Balaban J connectivity index is 2.33. The number of carbonyl (C=O) groups excluding carboxylic acids is 1. The van der Waals surface area contributed by atoms with Crippen molar-refractivity contribution in [2.45, 2.75) is 275 Å². The lowest BCUT2D eigenvalue weighted by atomic mass is 9.99. The van der Waals surface area contributed by atoms with Crippen molar-refractivity contribution >= 4 is 16.4 Å². The number of hydrogen-bond acceptors (Lipinski definition) is 11. The second-order valence-corrected chi connectivity index (χ2v) is 19.2. The standard InChI is InChI=1S/C50H96O12S/c1-3-5-7-9-11-13-15-17-19-20-21-22-23-24-25-27-29-31-33-35-37-39-46(52)60-44(43-59-50-48(54)49(62-63(55,56)57)47(53)45(41-51)61-50)42-58-40-38-36-34-32-30-28-26-18-16-14-12-10-8-6-4-2/h16,18,44-45,47-51,53-54H,3-15,17,19-43H2,1-2H3,(H,55,56,57)/b18-16-. The lowest BCUT2D eigenvalue weighted by molar-refractivity contribution is -0.301. The van der Waals surface area contributed by atoms with Gasteiger partial charge in [-0.15, -0.1) is 0 Å². The zero-order chi connectivity index (χ0) is 46.1. The normalized spacial score (nSPS) is 19.9. The van der Waals surface area contributed by atoms with Crippen LogP contribution in [0.4, 0.5) is 0 Å². The number of ether oxygens (including phenoxy) is 4. The SMILES string of the molecule is CCCCCCC/C=C\CCCCCCCCOCC(COC1OC(CO)C(O)C(OS(=O)(=O)O)C1O)OC(=O)CCCCCCCCCCCCCCCCCCCCCCC. The van der Waals surface area contributed by atoms with Gasteiger partial charge in [-0.2, -0.15) is 8.42 Å². The minimum Gasteiger partial charge on any atom is -0.457 e. The van der Waals surface area contributed by atoms with E-state index in [9.17, 15) is 33.1 Å². The average Bonchev–Trinajstić information content (AvgIpc) is 3.26. The topological polar surface area (TPSA) is 178 Å². The molecule has 6 unspecified atom stereocenters. The summed E-state index contributed by atoms with van der Waals surface area (Å²) in [6.45, 7) is 4.02. The first-order chi connectivity index (χ1) is 30.6. The molecule has 6 atom stereocenters. The largest absolute Gasteiger partial charge is 0.457 e. The van der Waals surface area contributed by atoms with Crippen molar-refractivity contribution in [3.05, 3.63) is 12.2 Å². The summed E-state index contributed by atoms with van der Waals surface area (Å²) in [6, 6.07) is 0. The molecule has 12 nitrogen and oxygen atoms in total. The number of carbonyl (C=O) groups is 1. The molecule has 0 aromatic carbocycles. The van der Waals surface area contributed by atoms with Crippen LogP contribution in [-0.2, 0) is 38.3 Å². The molecule has 0 saturated carbocycles. The Morgan fingerprint density at radius 1 is 0.587 bits per heavy atom. The fourth-order valence-corrected chi connectivity index (χ4v) is 8.71. The van der Waals surface area contributed by atoms with Gasteiger partial charge in [-0.3, -0.25) is 9.35 Å². The predicted molar refractivity (Wildman–Crippen MR) is 253 cm³/mol. The van der Waals surface area contributed by atoms with E-state index in [1.54, 1.807) is 0 Å². The predicted octanol–water partition coefficient (Wildman–Crippen LogP) is 11.8. The molecular weight excluding hydrogens is 825 g/mol. The van der Waals surface area contributed by atoms with E-state index in [1.165, 1.54) is 167 Å². The van der Waals surface area contributed by atoms with Crippen LogP contribution in [0, 0.1) is 0 Å². The van der Waals surface area contributed by atoms with Crippen LogP contribution in [0.3, 0.4) is 0 Å². The van der Waals surface area contributed by atoms with Gasteiger partial charge in [0.15, 0.2) is 6.29 Å². The molecule has 0 bridgehead atoms. The van der Waals surface area contributed by atoms with Gasteiger partial charge < -0.3 is 34.3 Å². The smallest absolute Gasteiger partial charge is 0.397 e. The molecule has 4 N–H and O–H groups in total. The third kappa shape index (κ3) is 35.7. The Morgan fingerprint density at radius 3 is 1.43 bits per heavy atom. The second-order valence-electron chi connectivity index (χ2n) is 18.1. The number of hydrogen-bond donors (Lipinski definition) is 4. The van der Waals surface area contributed by atoms with Crippen LogP contribution < -0.4 is 0 Å². The highest BCUT2D eigenvalue weighted by atomic mass is 32.3. The molecule has 63 heavy (non-hydrogen) atoms. The summed E-state index contributed by atoms with van der Waals surface area (Å²) < 4.78 is 59.2. The highest BCUT2D eigenvalue weighted by molar-refractivity contribution is 7.80. The van der Waals surface area contributed by atoms with Gasteiger partial charge in [0.2, 0.25) is 0 Å². The van der Waals surface area contributed by atoms with Crippen LogP contribution in [0.15, 0.2) is 12.2 Å². The average molecular weight is 921 g/mol.